The number of hydrogen-bond donors (Lipinski definition) is 0. The van der Waals surface area contributed by atoms with Crippen molar-refractivity contribution < 1.29 is 37.9 Å². The Morgan fingerprint density at radius 1 is 0.114 bits per heavy atom. The molecule has 0 atom stereocenters. The van der Waals surface area contributed by atoms with Crippen molar-refractivity contribution in [3.63, 3.8) is 0 Å². The van der Waals surface area contributed by atoms with Crippen molar-refractivity contribution in [1.82, 2.24) is 0 Å². The first-order valence-corrected chi connectivity index (χ1v) is 59.0. The number of rotatable bonds is 96. The van der Waals surface area contributed by atoms with Crippen LogP contribution in [0.3, 0.4) is 0 Å². The van der Waals surface area contributed by atoms with E-state index in [-0.39, 0.29) is 0 Å². The third-order valence-electron chi connectivity index (χ3n) is 28.6. The molecule has 8 heteroatoms. The summed E-state index contributed by atoms with van der Waals surface area (Å²) < 4.78 is 58.0. The zero-order valence-electron chi connectivity index (χ0n) is 88.9. The molecule has 0 heterocycles. The Morgan fingerprint density at radius 2 is 0.189 bits per heavy atom. The van der Waals surface area contributed by atoms with Crippen molar-refractivity contribution in [3.8, 4) is 46.0 Å². The Bertz CT molecular complexity index is 2600. The van der Waals surface area contributed by atoms with E-state index in [1.165, 1.54) is 507 Å². The van der Waals surface area contributed by atoms with Crippen LogP contribution in [0.5, 0.6) is 46.0 Å². The van der Waals surface area contributed by atoms with E-state index in [2.05, 4.69) is 104 Å². The highest BCUT2D eigenvalue weighted by atomic mass is 16.5. The van der Waals surface area contributed by atoms with Gasteiger partial charge in [-0.2, -0.15) is 0 Å². The summed E-state index contributed by atoms with van der Waals surface area (Å²) in [6.07, 6.45) is 106. The minimum Gasteiger partial charge on any atom is -0.490 e. The SMILES string of the molecule is CCCCCCCCCCCCOc1cc2c(cc1OCCCCCCCCCCCC)Cc1cc(OCCCCCCCCCCCC)c(OCCCCCCCCCCCC)cc1Cc1cc(OCCCCCCCCCCCC)c(OCCCCCCCCCCCC)cc1Cc1cc(OCCCCCCCCCCCC)c(OCCCCCCCCCCCC)cc1C2. The second kappa shape index (κ2) is 86.6. The molecule has 0 amide bonds. The molecule has 0 aliphatic heterocycles. The van der Waals surface area contributed by atoms with Crippen molar-refractivity contribution in [2.24, 2.45) is 0 Å². The van der Waals surface area contributed by atoms with Crippen molar-refractivity contribution in [2.45, 2.75) is 595 Å². The second-order valence-corrected chi connectivity index (χ2v) is 41.2. The van der Waals surface area contributed by atoms with Crippen LogP contribution in [0.2, 0.25) is 0 Å². The second-order valence-electron chi connectivity index (χ2n) is 41.2. The summed E-state index contributed by atoms with van der Waals surface area (Å²) in [6.45, 7) is 24.0. The van der Waals surface area contributed by atoms with E-state index in [4.69, 9.17) is 37.9 Å². The highest BCUT2D eigenvalue weighted by Gasteiger charge is 2.26. The predicted molar refractivity (Wildman–Crippen MR) is 576 cm³/mol. The molecule has 0 radical (unpaired) electrons. The topological polar surface area (TPSA) is 73.8 Å². The number of fused-ring (bicyclic) bond motifs is 4. The molecular weight excluding hydrogens is 1620 g/mol. The summed E-state index contributed by atoms with van der Waals surface area (Å²) in [7, 11) is 0. The van der Waals surface area contributed by atoms with Crippen molar-refractivity contribution in [3.05, 3.63) is 93.0 Å². The van der Waals surface area contributed by atoms with Crippen LogP contribution in [0.4, 0.5) is 0 Å². The maximum absolute atomic E-state index is 7.25. The molecule has 4 aromatic carbocycles. The molecule has 0 bridgehead atoms. The van der Waals surface area contributed by atoms with Crippen molar-refractivity contribution in [2.75, 3.05) is 52.9 Å². The highest BCUT2D eigenvalue weighted by molar-refractivity contribution is 5.59. The van der Waals surface area contributed by atoms with Crippen LogP contribution in [0.1, 0.15) is 614 Å². The zero-order valence-corrected chi connectivity index (χ0v) is 88.9. The normalized spacial score (nSPS) is 12.1. The molecule has 0 saturated carbocycles. The molecule has 1 aliphatic rings. The van der Waals surface area contributed by atoms with Crippen molar-refractivity contribution >= 4 is 0 Å². The Morgan fingerprint density at radius 3 is 0.273 bits per heavy atom. The zero-order chi connectivity index (χ0) is 93.6. The third kappa shape index (κ3) is 60.2. The van der Waals surface area contributed by atoms with Gasteiger partial charge in [0.2, 0.25) is 0 Å². The van der Waals surface area contributed by atoms with Crippen LogP contribution >= 0.6 is 0 Å². The molecule has 132 heavy (non-hydrogen) atoms. The lowest BCUT2D eigenvalue weighted by atomic mass is 9.85. The fraction of sp³-hybridized carbons (Fsp3) is 0.806. The molecule has 0 fully saturated rings. The van der Waals surface area contributed by atoms with E-state index in [1.807, 2.05) is 0 Å². The quantitative estimate of drug-likeness (QED) is 0.0357. The predicted octanol–water partition coefficient (Wildman–Crippen LogP) is 40.8. The van der Waals surface area contributed by atoms with E-state index < -0.39 is 0 Å². The van der Waals surface area contributed by atoms with Gasteiger partial charge in [0.1, 0.15) is 0 Å². The first-order chi connectivity index (χ1) is 65.4. The van der Waals surface area contributed by atoms with Gasteiger partial charge in [0, 0.05) is 0 Å². The minimum atomic E-state index is 0.674. The molecule has 0 unspecified atom stereocenters. The molecule has 0 spiro atoms. The van der Waals surface area contributed by atoms with E-state index in [0.717, 1.165) is 97.4 Å². The number of ether oxygens (including phenoxy) is 8. The smallest absolute Gasteiger partial charge is 0.161 e. The summed E-state index contributed by atoms with van der Waals surface area (Å²) in [5.41, 5.74) is 10.2. The summed E-state index contributed by atoms with van der Waals surface area (Å²) in [5, 5.41) is 0. The summed E-state index contributed by atoms with van der Waals surface area (Å²) in [6, 6.07) is 19.5. The van der Waals surface area contributed by atoms with Crippen LogP contribution in [0.15, 0.2) is 48.5 Å². The molecule has 0 N–H and O–H groups in total. The van der Waals surface area contributed by atoms with Crippen molar-refractivity contribution in [1.29, 1.82) is 0 Å². The van der Waals surface area contributed by atoms with Crippen LogP contribution in [0, 0.1) is 0 Å². The van der Waals surface area contributed by atoms with Crippen LogP contribution in [-0.2, 0) is 25.7 Å². The highest BCUT2D eigenvalue weighted by Crippen LogP contribution is 2.44. The Kier molecular flexibility index (Phi) is 77.3. The van der Waals surface area contributed by atoms with Crippen LogP contribution in [-0.4, -0.2) is 52.9 Å². The first-order valence-electron chi connectivity index (χ1n) is 59.0. The molecule has 0 saturated heterocycles. The van der Waals surface area contributed by atoms with E-state index in [1.54, 1.807) is 0 Å². The van der Waals surface area contributed by atoms with Gasteiger partial charge in [-0.05, 0) is 170 Å². The lowest BCUT2D eigenvalue weighted by Gasteiger charge is -2.24. The van der Waals surface area contributed by atoms with Gasteiger partial charge in [-0.25, -0.2) is 0 Å². The monoisotopic (exact) mass is 1830 g/mol. The number of benzene rings is 4. The Hall–Kier alpha value is -4.72. The van der Waals surface area contributed by atoms with E-state index in [0.29, 0.717) is 78.5 Å². The maximum Gasteiger partial charge on any atom is 0.161 e. The standard InChI is InChI=1S/C124H216O8/c1-9-17-25-33-41-49-57-65-73-81-89-125-117-101-109-97-111-103-119(127-91-83-75-67-59-51-43-35-27-19-11-3)121(129-93-85-77-69-61-53-45-37-29-21-13-5)105-113(111)99-115-107-123(131-95-87-79-71-63-55-47-39-31-23-15-7)124(132-96-88-80-72-64-56-48-40-32-24-16-8)108-116(115)100-114-106-122(130-94-86-78-70-62-54-46-38-30-22-14-6)120(128-92-84-76-68-60-52-44-36-28-20-12-4)104-112(114)98-110(109)102-118(117)126-90-82-74-66-58-50-42-34-26-18-10-2/h101-108H,9-100H2,1-8H3. The Balaban J connectivity index is 1.76. The largest absolute Gasteiger partial charge is 0.490 e. The van der Waals surface area contributed by atoms with E-state index in [9.17, 15) is 0 Å². The van der Waals surface area contributed by atoms with E-state index >= 15 is 0 Å². The lowest BCUT2D eigenvalue weighted by molar-refractivity contribution is 0.257. The van der Waals surface area contributed by atoms with Gasteiger partial charge >= 0.3 is 0 Å². The van der Waals surface area contributed by atoms with Crippen LogP contribution < -0.4 is 37.9 Å². The fourth-order valence-electron chi connectivity index (χ4n) is 19.8. The summed E-state index contributed by atoms with van der Waals surface area (Å²) in [5.74, 6) is 7.08. The Labute approximate surface area is 819 Å². The summed E-state index contributed by atoms with van der Waals surface area (Å²) in [4.78, 5) is 0. The molecular formula is C124H216O8. The first kappa shape index (κ1) is 118. The van der Waals surface area contributed by atoms with Gasteiger partial charge in [-0.3, -0.25) is 0 Å². The average Bonchev–Trinajstić information content (AvgIpc) is 0.771. The molecule has 8 nitrogen and oxygen atoms in total. The molecule has 0 aromatic heterocycles. The van der Waals surface area contributed by atoms with Gasteiger partial charge in [0.15, 0.2) is 46.0 Å². The summed E-state index contributed by atoms with van der Waals surface area (Å²) >= 11 is 0. The van der Waals surface area contributed by atoms with Gasteiger partial charge in [0.25, 0.3) is 0 Å². The molecule has 4 aromatic rings. The lowest BCUT2D eigenvalue weighted by Crippen LogP contribution is -2.12. The number of hydrogen-bond acceptors (Lipinski definition) is 8. The molecule has 1 aliphatic carbocycles. The van der Waals surface area contributed by atoms with Gasteiger partial charge in [0.05, 0.1) is 52.9 Å². The van der Waals surface area contributed by atoms with Gasteiger partial charge in [-0.15, -0.1) is 0 Å². The fourth-order valence-corrected chi connectivity index (χ4v) is 19.8. The third-order valence-corrected chi connectivity index (χ3v) is 28.6. The van der Waals surface area contributed by atoms with Crippen LogP contribution in [0.25, 0.3) is 0 Å². The minimum absolute atomic E-state index is 0.674. The van der Waals surface area contributed by atoms with Gasteiger partial charge < -0.3 is 37.9 Å². The number of unbranched alkanes of at least 4 members (excludes halogenated alkanes) is 72. The molecule has 760 valence electrons. The average molecular weight is 1840 g/mol. The molecule has 5 rings (SSSR count). The van der Waals surface area contributed by atoms with Gasteiger partial charge in [-0.1, -0.05) is 518 Å². The maximum atomic E-state index is 7.25.